The van der Waals surface area contributed by atoms with Gasteiger partial charge >= 0.3 is 11.9 Å². The maximum atomic E-state index is 11.3. The van der Waals surface area contributed by atoms with Crippen LogP contribution in [0.15, 0.2) is 24.3 Å². The molecule has 2 aromatic carbocycles. The minimum atomic E-state index is -0.932. The Balaban J connectivity index is 2.90. The molecule has 0 aromatic heterocycles. The van der Waals surface area contributed by atoms with Gasteiger partial charge in [-0.2, -0.15) is 0 Å². The van der Waals surface area contributed by atoms with Crippen LogP contribution in [-0.2, 0) is 35.3 Å². The molecule has 0 aliphatic heterocycles. The number of rotatable bonds is 6. The summed E-state index contributed by atoms with van der Waals surface area (Å²) >= 11 is 0. The van der Waals surface area contributed by atoms with Crippen LogP contribution in [0.25, 0.3) is 10.8 Å². The first kappa shape index (κ1) is 16.0. The van der Waals surface area contributed by atoms with Crippen LogP contribution in [0.3, 0.4) is 0 Å². The van der Waals surface area contributed by atoms with Crippen molar-refractivity contribution in [2.45, 2.75) is 39.5 Å². The number of aliphatic carboxylic acids is 2. The number of fused-ring (bicyclic) bond motifs is 1. The molecule has 0 heterocycles. The zero-order chi connectivity index (χ0) is 16.3. The van der Waals surface area contributed by atoms with E-state index in [0.717, 1.165) is 21.9 Å². The standard InChI is InChI=1S/C18H20O4/c1-3-11-13-7-5-6-8-14(13)12(4-2)16(10-18(21)22)15(11)9-17(19)20/h5-8H,3-4,9-10H2,1-2H3,(H,19,20)(H,21,22). The van der Waals surface area contributed by atoms with Gasteiger partial charge in [-0.25, -0.2) is 0 Å². The molecule has 0 atom stereocenters. The fourth-order valence-electron chi connectivity index (χ4n) is 3.24. The Morgan fingerprint density at radius 3 is 1.41 bits per heavy atom. The normalized spacial score (nSPS) is 10.8. The average Bonchev–Trinajstić information content (AvgIpc) is 2.47. The molecule has 2 N–H and O–H groups in total. The second kappa shape index (κ2) is 6.60. The largest absolute Gasteiger partial charge is 0.481 e. The summed E-state index contributed by atoms with van der Waals surface area (Å²) in [5, 5.41) is 20.5. The summed E-state index contributed by atoms with van der Waals surface area (Å²) in [4.78, 5) is 22.5. The Morgan fingerprint density at radius 1 is 0.773 bits per heavy atom. The van der Waals surface area contributed by atoms with Crippen molar-refractivity contribution < 1.29 is 19.8 Å². The first-order valence-corrected chi connectivity index (χ1v) is 7.47. The van der Waals surface area contributed by atoms with E-state index in [1.54, 1.807) is 0 Å². The fraction of sp³-hybridized carbons (Fsp3) is 0.333. The molecule has 4 nitrogen and oxygen atoms in total. The van der Waals surface area contributed by atoms with Crippen LogP contribution in [0.2, 0.25) is 0 Å². The van der Waals surface area contributed by atoms with E-state index in [0.29, 0.717) is 24.0 Å². The minimum absolute atomic E-state index is 0.135. The third-order valence-corrected chi connectivity index (χ3v) is 4.03. The van der Waals surface area contributed by atoms with Crippen molar-refractivity contribution in [1.82, 2.24) is 0 Å². The number of hydrogen-bond donors (Lipinski definition) is 2. The summed E-state index contributed by atoms with van der Waals surface area (Å²) in [6, 6.07) is 7.84. The zero-order valence-electron chi connectivity index (χ0n) is 12.8. The van der Waals surface area contributed by atoms with Gasteiger partial charge in [0.1, 0.15) is 0 Å². The lowest BCUT2D eigenvalue weighted by Crippen LogP contribution is -2.14. The van der Waals surface area contributed by atoms with Gasteiger partial charge in [0.25, 0.3) is 0 Å². The molecular formula is C18H20O4. The summed E-state index contributed by atoms with van der Waals surface area (Å²) in [5.41, 5.74) is 3.25. The first-order chi connectivity index (χ1) is 10.5. The molecule has 22 heavy (non-hydrogen) atoms. The third-order valence-electron chi connectivity index (χ3n) is 4.03. The maximum absolute atomic E-state index is 11.3. The molecule has 0 fully saturated rings. The Labute approximate surface area is 129 Å². The zero-order valence-corrected chi connectivity index (χ0v) is 12.8. The fourth-order valence-corrected chi connectivity index (χ4v) is 3.24. The number of carboxylic acid groups (broad SMARTS) is 2. The summed E-state index contributed by atoms with van der Waals surface area (Å²) in [6.45, 7) is 3.95. The molecule has 0 bridgehead atoms. The Kier molecular flexibility index (Phi) is 4.81. The van der Waals surface area contributed by atoms with Gasteiger partial charge in [-0.1, -0.05) is 38.1 Å². The Morgan fingerprint density at radius 2 is 1.14 bits per heavy atom. The molecule has 4 heteroatoms. The van der Waals surface area contributed by atoms with Gasteiger partial charge in [0.15, 0.2) is 0 Å². The van der Waals surface area contributed by atoms with E-state index in [-0.39, 0.29) is 12.8 Å². The van der Waals surface area contributed by atoms with Crippen LogP contribution in [0.1, 0.15) is 36.1 Å². The van der Waals surface area contributed by atoms with Gasteiger partial charge in [-0.05, 0) is 45.9 Å². The van der Waals surface area contributed by atoms with E-state index in [1.165, 1.54) is 0 Å². The summed E-state index contributed by atoms with van der Waals surface area (Å²) < 4.78 is 0. The molecule has 0 unspecified atom stereocenters. The van der Waals surface area contributed by atoms with E-state index >= 15 is 0 Å². The molecule has 0 radical (unpaired) electrons. The van der Waals surface area contributed by atoms with E-state index in [2.05, 4.69) is 0 Å². The van der Waals surface area contributed by atoms with Gasteiger partial charge in [0.2, 0.25) is 0 Å². The maximum Gasteiger partial charge on any atom is 0.307 e. The molecule has 2 rings (SSSR count). The molecule has 0 amide bonds. The molecule has 0 saturated carbocycles. The lowest BCUT2D eigenvalue weighted by Gasteiger charge is -2.20. The van der Waals surface area contributed by atoms with Crippen LogP contribution < -0.4 is 0 Å². The third kappa shape index (κ3) is 2.96. The first-order valence-electron chi connectivity index (χ1n) is 7.47. The number of hydrogen-bond acceptors (Lipinski definition) is 2. The van der Waals surface area contributed by atoms with E-state index in [1.807, 2.05) is 38.1 Å². The lowest BCUT2D eigenvalue weighted by atomic mass is 9.84. The number of carboxylic acids is 2. The van der Waals surface area contributed by atoms with Crippen molar-refractivity contribution in [2.24, 2.45) is 0 Å². The molecule has 116 valence electrons. The average molecular weight is 300 g/mol. The van der Waals surface area contributed by atoms with Crippen LogP contribution in [-0.4, -0.2) is 22.2 Å². The molecular weight excluding hydrogens is 280 g/mol. The molecule has 0 spiro atoms. The van der Waals surface area contributed by atoms with Crippen LogP contribution in [0.4, 0.5) is 0 Å². The van der Waals surface area contributed by atoms with E-state index in [9.17, 15) is 19.8 Å². The Hall–Kier alpha value is -2.36. The SMILES string of the molecule is CCc1c(CC(=O)O)c(CC(=O)O)c(CC)c2ccccc12. The summed E-state index contributed by atoms with van der Waals surface area (Å²) in [7, 11) is 0. The predicted molar refractivity (Wildman–Crippen MR) is 85.4 cm³/mol. The van der Waals surface area contributed by atoms with Crippen molar-refractivity contribution in [3.8, 4) is 0 Å². The van der Waals surface area contributed by atoms with Crippen LogP contribution in [0.5, 0.6) is 0 Å². The smallest absolute Gasteiger partial charge is 0.307 e. The van der Waals surface area contributed by atoms with Gasteiger partial charge in [-0.3, -0.25) is 9.59 Å². The Bertz CT molecular complexity index is 669. The van der Waals surface area contributed by atoms with Crippen molar-refractivity contribution >= 4 is 22.7 Å². The number of benzene rings is 2. The quantitative estimate of drug-likeness (QED) is 0.859. The highest BCUT2D eigenvalue weighted by atomic mass is 16.4. The van der Waals surface area contributed by atoms with E-state index < -0.39 is 11.9 Å². The summed E-state index contributed by atoms with van der Waals surface area (Å²) in [5.74, 6) is -1.86. The van der Waals surface area contributed by atoms with Crippen LogP contribution >= 0.6 is 0 Å². The van der Waals surface area contributed by atoms with E-state index in [4.69, 9.17) is 0 Å². The number of carbonyl (C=O) groups is 2. The lowest BCUT2D eigenvalue weighted by molar-refractivity contribution is -0.137. The predicted octanol–water partition coefficient (Wildman–Crippen LogP) is 3.22. The summed E-state index contributed by atoms with van der Waals surface area (Å²) in [6.07, 6.45) is 1.09. The van der Waals surface area contributed by atoms with Crippen molar-refractivity contribution in [1.29, 1.82) is 0 Å². The van der Waals surface area contributed by atoms with Gasteiger partial charge in [-0.15, -0.1) is 0 Å². The van der Waals surface area contributed by atoms with Gasteiger partial charge in [0.05, 0.1) is 12.8 Å². The van der Waals surface area contributed by atoms with Crippen molar-refractivity contribution in [3.63, 3.8) is 0 Å². The second-order valence-corrected chi connectivity index (χ2v) is 5.31. The van der Waals surface area contributed by atoms with Gasteiger partial charge in [0, 0.05) is 0 Å². The highest BCUT2D eigenvalue weighted by Crippen LogP contribution is 2.32. The highest BCUT2D eigenvalue weighted by molar-refractivity contribution is 5.93. The molecule has 0 saturated heterocycles. The highest BCUT2D eigenvalue weighted by Gasteiger charge is 2.20. The molecule has 0 aliphatic rings. The second-order valence-electron chi connectivity index (χ2n) is 5.31. The van der Waals surface area contributed by atoms with Crippen molar-refractivity contribution in [3.05, 3.63) is 46.5 Å². The minimum Gasteiger partial charge on any atom is -0.481 e. The van der Waals surface area contributed by atoms with Crippen molar-refractivity contribution in [2.75, 3.05) is 0 Å². The molecule has 2 aromatic rings. The van der Waals surface area contributed by atoms with Gasteiger partial charge < -0.3 is 10.2 Å². The molecule has 0 aliphatic carbocycles. The monoisotopic (exact) mass is 300 g/mol. The number of aryl methyl sites for hydroxylation is 2. The topological polar surface area (TPSA) is 74.6 Å². The van der Waals surface area contributed by atoms with Crippen LogP contribution in [0, 0.1) is 0 Å².